The highest BCUT2D eigenvalue weighted by atomic mass is 16.2. The molecule has 4 nitrogen and oxygen atoms in total. The lowest BCUT2D eigenvalue weighted by Crippen LogP contribution is -2.55. The molecular weight excluding hydrogens is 264 g/mol. The lowest BCUT2D eigenvalue weighted by atomic mass is 9.85. The Hall–Kier alpha value is -1.06. The van der Waals surface area contributed by atoms with Gasteiger partial charge in [-0.1, -0.05) is 47.0 Å². The van der Waals surface area contributed by atoms with Crippen LogP contribution in [-0.2, 0) is 9.59 Å². The third-order valence-electron chi connectivity index (χ3n) is 4.57. The van der Waals surface area contributed by atoms with Crippen LogP contribution >= 0.6 is 0 Å². The highest BCUT2D eigenvalue weighted by Gasteiger charge is 2.40. The van der Waals surface area contributed by atoms with Crippen LogP contribution in [0.15, 0.2) is 0 Å². The predicted octanol–water partition coefficient (Wildman–Crippen LogP) is 3.11. The molecule has 4 heteroatoms. The minimum Gasteiger partial charge on any atom is -0.342 e. The van der Waals surface area contributed by atoms with Crippen molar-refractivity contribution in [3.8, 4) is 0 Å². The molecule has 122 valence electrons. The zero-order valence-electron chi connectivity index (χ0n) is 14.4. The van der Waals surface area contributed by atoms with Crippen LogP contribution in [0.5, 0.6) is 0 Å². The van der Waals surface area contributed by atoms with Gasteiger partial charge < -0.3 is 10.2 Å². The maximum absolute atomic E-state index is 12.8. The first kappa shape index (κ1) is 18.0. The van der Waals surface area contributed by atoms with Gasteiger partial charge >= 0.3 is 0 Å². The maximum atomic E-state index is 12.8. The molecule has 1 rings (SSSR count). The number of unbranched alkanes of at least 4 members (excludes halogenated alkanes) is 2. The summed E-state index contributed by atoms with van der Waals surface area (Å²) in [5, 5.41) is 2.89. The van der Waals surface area contributed by atoms with E-state index < -0.39 is 5.54 Å². The minimum atomic E-state index is -0.743. The number of carbonyl (C=O) groups excluding carboxylic acids is 2. The van der Waals surface area contributed by atoms with E-state index in [1.807, 2.05) is 18.7 Å². The number of nitrogens with one attached hydrogen (secondary N) is 1. The smallest absolute Gasteiger partial charge is 0.248 e. The second-order valence-corrected chi connectivity index (χ2v) is 7.33. The van der Waals surface area contributed by atoms with Crippen LogP contribution < -0.4 is 5.32 Å². The Labute approximate surface area is 129 Å². The molecule has 0 aromatic carbocycles. The highest BCUT2D eigenvalue weighted by Crippen LogP contribution is 2.27. The van der Waals surface area contributed by atoms with Crippen LogP contribution in [0.2, 0.25) is 0 Å². The van der Waals surface area contributed by atoms with Crippen LogP contribution in [0, 0.1) is 5.41 Å². The Morgan fingerprint density at radius 3 is 2.48 bits per heavy atom. The van der Waals surface area contributed by atoms with Crippen LogP contribution in [0.25, 0.3) is 0 Å². The third kappa shape index (κ3) is 5.01. The average Bonchev–Trinajstić information content (AvgIpc) is 2.51. The molecule has 0 aliphatic carbocycles. The van der Waals surface area contributed by atoms with Gasteiger partial charge in [0, 0.05) is 19.5 Å². The molecule has 2 amide bonds. The SMILES string of the molecule is CCCCCC(C)(C)CN1CCC(=O)NC(C)(CC)C1=O. The van der Waals surface area contributed by atoms with Gasteiger partial charge in [0.15, 0.2) is 0 Å². The molecule has 1 fully saturated rings. The summed E-state index contributed by atoms with van der Waals surface area (Å²) in [6.07, 6.45) is 5.81. The number of hydrogen-bond donors (Lipinski definition) is 1. The van der Waals surface area contributed by atoms with Gasteiger partial charge in [-0.25, -0.2) is 0 Å². The Morgan fingerprint density at radius 2 is 1.90 bits per heavy atom. The van der Waals surface area contributed by atoms with Crippen molar-refractivity contribution in [1.82, 2.24) is 10.2 Å². The molecule has 1 unspecified atom stereocenters. The molecule has 1 heterocycles. The summed E-state index contributed by atoms with van der Waals surface area (Å²) in [6.45, 7) is 11.7. The van der Waals surface area contributed by atoms with E-state index in [9.17, 15) is 9.59 Å². The van der Waals surface area contributed by atoms with E-state index >= 15 is 0 Å². The van der Waals surface area contributed by atoms with E-state index in [0.717, 1.165) is 13.0 Å². The second-order valence-electron chi connectivity index (χ2n) is 7.33. The molecule has 21 heavy (non-hydrogen) atoms. The van der Waals surface area contributed by atoms with Gasteiger partial charge in [0.2, 0.25) is 11.8 Å². The normalized spacial score (nSPS) is 24.0. The zero-order valence-corrected chi connectivity index (χ0v) is 14.4. The van der Waals surface area contributed by atoms with Gasteiger partial charge in [-0.3, -0.25) is 9.59 Å². The molecule has 0 bridgehead atoms. The number of amides is 2. The van der Waals surface area contributed by atoms with Crippen molar-refractivity contribution in [3.63, 3.8) is 0 Å². The van der Waals surface area contributed by atoms with Crippen molar-refractivity contribution < 1.29 is 9.59 Å². The van der Waals surface area contributed by atoms with Crippen molar-refractivity contribution >= 4 is 11.8 Å². The number of nitrogens with zero attached hydrogens (tertiary/aromatic N) is 1. The topological polar surface area (TPSA) is 49.4 Å². The molecule has 1 N–H and O–H groups in total. The summed E-state index contributed by atoms with van der Waals surface area (Å²) in [5.74, 6) is 0.0541. The molecule has 0 aromatic heterocycles. The predicted molar refractivity (Wildman–Crippen MR) is 86.0 cm³/mol. The fourth-order valence-corrected chi connectivity index (χ4v) is 2.95. The Bertz CT molecular complexity index is 379. The highest BCUT2D eigenvalue weighted by molar-refractivity contribution is 5.93. The summed E-state index contributed by atoms with van der Waals surface area (Å²) < 4.78 is 0. The molecular formula is C17H32N2O2. The molecule has 1 aliphatic heterocycles. The summed E-state index contributed by atoms with van der Waals surface area (Å²) in [4.78, 5) is 26.5. The molecule has 1 saturated heterocycles. The monoisotopic (exact) mass is 296 g/mol. The van der Waals surface area contributed by atoms with E-state index in [4.69, 9.17) is 0 Å². The standard InChI is InChI=1S/C17H32N2O2/c1-6-8-9-11-16(3,4)13-19-12-10-14(20)18-17(5,7-2)15(19)21/h6-13H2,1-5H3,(H,18,20). The first-order chi connectivity index (χ1) is 9.74. The molecule has 0 spiro atoms. The van der Waals surface area contributed by atoms with Gasteiger partial charge in [0.05, 0.1) is 0 Å². The van der Waals surface area contributed by atoms with Crippen LogP contribution in [0.1, 0.15) is 73.1 Å². The van der Waals surface area contributed by atoms with Crippen LogP contribution in [0.4, 0.5) is 0 Å². The number of carbonyl (C=O) groups is 2. The summed E-state index contributed by atoms with van der Waals surface area (Å²) in [5.41, 5.74) is -0.639. The number of hydrogen-bond acceptors (Lipinski definition) is 2. The molecule has 1 aliphatic rings. The van der Waals surface area contributed by atoms with Gasteiger partial charge in [-0.15, -0.1) is 0 Å². The van der Waals surface area contributed by atoms with Crippen molar-refractivity contribution in [2.24, 2.45) is 5.41 Å². The van der Waals surface area contributed by atoms with E-state index in [0.29, 0.717) is 19.4 Å². The fraction of sp³-hybridized carbons (Fsp3) is 0.882. The Balaban J connectivity index is 2.76. The lowest BCUT2D eigenvalue weighted by Gasteiger charge is -2.36. The molecule has 0 saturated carbocycles. The van der Waals surface area contributed by atoms with Gasteiger partial charge in [0.25, 0.3) is 0 Å². The van der Waals surface area contributed by atoms with Gasteiger partial charge in [-0.2, -0.15) is 0 Å². The first-order valence-electron chi connectivity index (χ1n) is 8.34. The molecule has 0 radical (unpaired) electrons. The second kappa shape index (κ2) is 7.28. The third-order valence-corrected chi connectivity index (χ3v) is 4.57. The van der Waals surface area contributed by atoms with Gasteiger partial charge in [-0.05, 0) is 25.2 Å². The Kier molecular flexibility index (Phi) is 6.24. The van der Waals surface area contributed by atoms with E-state index in [2.05, 4.69) is 26.1 Å². The zero-order chi connectivity index (χ0) is 16.1. The average molecular weight is 296 g/mol. The van der Waals surface area contributed by atoms with E-state index in [-0.39, 0.29) is 17.2 Å². The van der Waals surface area contributed by atoms with Crippen molar-refractivity contribution in [2.75, 3.05) is 13.1 Å². The van der Waals surface area contributed by atoms with Crippen LogP contribution in [-0.4, -0.2) is 35.3 Å². The van der Waals surface area contributed by atoms with Crippen LogP contribution in [0.3, 0.4) is 0 Å². The largest absolute Gasteiger partial charge is 0.342 e. The minimum absolute atomic E-state index is 0.0148. The van der Waals surface area contributed by atoms with Crippen molar-refractivity contribution in [3.05, 3.63) is 0 Å². The Morgan fingerprint density at radius 1 is 1.24 bits per heavy atom. The molecule has 1 atom stereocenters. The first-order valence-corrected chi connectivity index (χ1v) is 8.34. The van der Waals surface area contributed by atoms with Gasteiger partial charge in [0.1, 0.15) is 5.54 Å². The van der Waals surface area contributed by atoms with E-state index in [1.54, 1.807) is 0 Å². The summed E-state index contributed by atoms with van der Waals surface area (Å²) >= 11 is 0. The van der Waals surface area contributed by atoms with E-state index in [1.165, 1.54) is 19.3 Å². The fourth-order valence-electron chi connectivity index (χ4n) is 2.95. The van der Waals surface area contributed by atoms with Crippen molar-refractivity contribution in [1.29, 1.82) is 0 Å². The summed E-state index contributed by atoms with van der Waals surface area (Å²) in [6, 6.07) is 0. The summed E-state index contributed by atoms with van der Waals surface area (Å²) in [7, 11) is 0. The number of rotatable bonds is 7. The maximum Gasteiger partial charge on any atom is 0.248 e. The quantitative estimate of drug-likeness (QED) is 0.734. The van der Waals surface area contributed by atoms with Crippen molar-refractivity contribution in [2.45, 2.75) is 78.7 Å². The lowest BCUT2D eigenvalue weighted by molar-refractivity contribution is -0.139. The molecule has 0 aromatic rings.